The number of aromatic nitrogens is 1. The van der Waals surface area contributed by atoms with Gasteiger partial charge in [0.2, 0.25) is 5.89 Å². The number of anilines is 1. The highest BCUT2D eigenvalue weighted by molar-refractivity contribution is 5.73. The van der Waals surface area contributed by atoms with Crippen molar-refractivity contribution >= 4 is 5.69 Å². The van der Waals surface area contributed by atoms with Crippen molar-refractivity contribution in [2.75, 3.05) is 31.1 Å². The van der Waals surface area contributed by atoms with Gasteiger partial charge in [0, 0.05) is 38.4 Å². The van der Waals surface area contributed by atoms with Crippen LogP contribution in [0.1, 0.15) is 5.56 Å². The number of hydrogen-bond acceptors (Lipinski definition) is 4. The number of piperazine rings is 1. The molecule has 0 spiro atoms. The van der Waals surface area contributed by atoms with Gasteiger partial charge in [-0.25, -0.2) is 4.98 Å². The first-order valence-electron chi connectivity index (χ1n) is 8.40. The number of hydrogen-bond donors (Lipinski definition) is 0. The van der Waals surface area contributed by atoms with Gasteiger partial charge in [-0.05, 0) is 17.7 Å². The summed E-state index contributed by atoms with van der Waals surface area (Å²) in [5, 5.41) is 0. The lowest BCUT2D eigenvalue weighted by Gasteiger charge is -2.36. The van der Waals surface area contributed by atoms with E-state index in [1.165, 1.54) is 11.3 Å². The highest BCUT2D eigenvalue weighted by Crippen LogP contribution is 2.30. The summed E-state index contributed by atoms with van der Waals surface area (Å²) in [5.74, 6) is 0.692. The zero-order valence-electron chi connectivity index (χ0n) is 13.6. The number of rotatable bonds is 4. The maximum Gasteiger partial charge on any atom is 0.227 e. The third-order valence-electron chi connectivity index (χ3n) is 4.53. The summed E-state index contributed by atoms with van der Waals surface area (Å²) >= 11 is 0. The zero-order valence-corrected chi connectivity index (χ0v) is 13.6. The fourth-order valence-electron chi connectivity index (χ4n) is 3.28. The Labute approximate surface area is 142 Å². The van der Waals surface area contributed by atoms with Crippen molar-refractivity contribution in [1.82, 2.24) is 9.88 Å². The lowest BCUT2D eigenvalue weighted by molar-refractivity contribution is 0.250. The van der Waals surface area contributed by atoms with Crippen molar-refractivity contribution in [2.45, 2.75) is 6.54 Å². The van der Waals surface area contributed by atoms with E-state index in [9.17, 15) is 0 Å². The van der Waals surface area contributed by atoms with Crippen molar-refractivity contribution in [3.8, 4) is 11.5 Å². The molecule has 1 fully saturated rings. The summed E-state index contributed by atoms with van der Waals surface area (Å²) in [6.45, 7) is 5.19. The number of para-hydroxylation sites is 1. The van der Waals surface area contributed by atoms with Gasteiger partial charge < -0.3 is 9.32 Å². The second-order valence-electron chi connectivity index (χ2n) is 6.10. The monoisotopic (exact) mass is 319 g/mol. The smallest absolute Gasteiger partial charge is 0.227 e. The summed E-state index contributed by atoms with van der Waals surface area (Å²) in [4.78, 5) is 9.25. The predicted octanol–water partition coefficient (Wildman–Crippen LogP) is 3.66. The van der Waals surface area contributed by atoms with E-state index in [2.05, 4.69) is 63.3 Å². The van der Waals surface area contributed by atoms with Crippen LogP contribution in [0.25, 0.3) is 11.5 Å². The fraction of sp³-hybridized carbons (Fsp3) is 0.250. The molecule has 4 heteroatoms. The van der Waals surface area contributed by atoms with Crippen molar-refractivity contribution in [3.05, 3.63) is 72.6 Å². The molecule has 122 valence electrons. The molecular formula is C20H21N3O. The summed E-state index contributed by atoms with van der Waals surface area (Å²) in [6, 6.07) is 19.0. The molecule has 2 heterocycles. The number of oxazole rings is 1. The van der Waals surface area contributed by atoms with Crippen molar-refractivity contribution in [3.63, 3.8) is 0 Å². The first-order valence-corrected chi connectivity index (χ1v) is 8.40. The largest absolute Gasteiger partial charge is 0.444 e. The molecule has 4 nitrogen and oxygen atoms in total. The molecule has 1 saturated heterocycles. The van der Waals surface area contributed by atoms with E-state index in [-0.39, 0.29) is 0 Å². The minimum absolute atomic E-state index is 0.692. The molecule has 1 aromatic heterocycles. The van der Waals surface area contributed by atoms with Gasteiger partial charge in [-0.3, -0.25) is 4.90 Å². The molecule has 0 saturated carbocycles. The third kappa shape index (κ3) is 3.19. The minimum atomic E-state index is 0.692. The van der Waals surface area contributed by atoms with Crippen LogP contribution in [-0.2, 0) is 6.54 Å². The first kappa shape index (κ1) is 15.0. The van der Waals surface area contributed by atoms with Crippen molar-refractivity contribution in [2.24, 2.45) is 0 Å². The van der Waals surface area contributed by atoms with Crippen LogP contribution in [0.4, 0.5) is 5.69 Å². The van der Waals surface area contributed by atoms with Gasteiger partial charge in [0.1, 0.15) is 6.26 Å². The summed E-state index contributed by atoms with van der Waals surface area (Å²) < 4.78 is 5.50. The van der Waals surface area contributed by atoms with Crippen LogP contribution in [0.5, 0.6) is 0 Å². The van der Waals surface area contributed by atoms with Crippen LogP contribution >= 0.6 is 0 Å². The normalized spacial score (nSPS) is 15.6. The molecule has 0 bridgehead atoms. The Morgan fingerprint density at radius 3 is 2.38 bits per heavy atom. The van der Waals surface area contributed by atoms with Gasteiger partial charge in [-0.15, -0.1) is 0 Å². The van der Waals surface area contributed by atoms with E-state index in [0.717, 1.165) is 38.3 Å². The van der Waals surface area contributed by atoms with Crippen LogP contribution in [0.2, 0.25) is 0 Å². The Morgan fingerprint density at radius 2 is 1.62 bits per heavy atom. The van der Waals surface area contributed by atoms with E-state index >= 15 is 0 Å². The standard InChI is InChI=1S/C20H21N3O/c1-2-6-17(7-3-1)16-22-11-13-23(14-12-22)19-9-5-4-8-18(19)20-21-10-15-24-20/h1-10,15H,11-14,16H2. The van der Waals surface area contributed by atoms with Gasteiger partial charge in [0.05, 0.1) is 11.8 Å². The number of benzene rings is 2. The lowest BCUT2D eigenvalue weighted by atomic mass is 10.1. The number of nitrogens with zero attached hydrogens (tertiary/aromatic N) is 3. The van der Waals surface area contributed by atoms with E-state index in [0.29, 0.717) is 5.89 Å². The molecule has 0 amide bonds. The Morgan fingerprint density at radius 1 is 0.875 bits per heavy atom. The van der Waals surface area contributed by atoms with Gasteiger partial charge in [0.25, 0.3) is 0 Å². The van der Waals surface area contributed by atoms with Gasteiger partial charge >= 0.3 is 0 Å². The predicted molar refractivity (Wildman–Crippen MR) is 95.9 cm³/mol. The molecule has 3 aromatic rings. The molecular weight excluding hydrogens is 298 g/mol. The fourth-order valence-corrected chi connectivity index (χ4v) is 3.28. The van der Waals surface area contributed by atoms with Crippen LogP contribution in [0.15, 0.2) is 71.5 Å². The van der Waals surface area contributed by atoms with E-state index in [4.69, 9.17) is 4.42 Å². The van der Waals surface area contributed by atoms with E-state index in [1.807, 2.05) is 6.07 Å². The molecule has 0 atom stereocenters. The van der Waals surface area contributed by atoms with Crippen molar-refractivity contribution < 1.29 is 4.42 Å². The molecule has 2 aromatic carbocycles. The topological polar surface area (TPSA) is 32.5 Å². The SMILES string of the molecule is c1ccc(CN2CCN(c3ccccc3-c3ncco3)CC2)cc1. The Kier molecular flexibility index (Phi) is 4.30. The summed E-state index contributed by atoms with van der Waals surface area (Å²) in [7, 11) is 0. The van der Waals surface area contributed by atoms with E-state index < -0.39 is 0 Å². The average molecular weight is 319 g/mol. The van der Waals surface area contributed by atoms with Crippen LogP contribution in [-0.4, -0.2) is 36.1 Å². The highest BCUT2D eigenvalue weighted by Gasteiger charge is 2.20. The lowest BCUT2D eigenvalue weighted by Crippen LogP contribution is -2.46. The minimum Gasteiger partial charge on any atom is -0.444 e. The average Bonchev–Trinajstić information content (AvgIpc) is 3.18. The summed E-state index contributed by atoms with van der Waals surface area (Å²) in [5.41, 5.74) is 3.66. The van der Waals surface area contributed by atoms with Gasteiger partial charge in [-0.2, -0.15) is 0 Å². The van der Waals surface area contributed by atoms with E-state index in [1.54, 1.807) is 12.5 Å². The third-order valence-corrected chi connectivity index (χ3v) is 4.53. The van der Waals surface area contributed by atoms with Crippen LogP contribution in [0, 0.1) is 0 Å². The molecule has 1 aliphatic heterocycles. The van der Waals surface area contributed by atoms with Crippen LogP contribution in [0.3, 0.4) is 0 Å². The van der Waals surface area contributed by atoms with Gasteiger partial charge in [0.15, 0.2) is 0 Å². The molecule has 4 rings (SSSR count). The second kappa shape index (κ2) is 6.89. The summed E-state index contributed by atoms with van der Waals surface area (Å²) in [6.07, 6.45) is 3.33. The molecule has 0 N–H and O–H groups in total. The zero-order chi connectivity index (χ0) is 16.2. The van der Waals surface area contributed by atoms with Gasteiger partial charge in [-0.1, -0.05) is 42.5 Å². The molecule has 0 unspecified atom stereocenters. The maximum absolute atomic E-state index is 5.50. The quantitative estimate of drug-likeness (QED) is 0.734. The molecule has 24 heavy (non-hydrogen) atoms. The van der Waals surface area contributed by atoms with Crippen LogP contribution < -0.4 is 4.90 Å². The first-order chi connectivity index (χ1) is 11.9. The van der Waals surface area contributed by atoms with Crippen molar-refractivity contribution in [1.29, 1.82) is 0 Å². The Balaban J connectivity index is 1.45. The highest BCUT2D eigenvalue weighted by atomic mass is 16.3. The molecule has 1 aliphatic rings. The second-order valence-corrected chi connectivity index (χ2v) is 6.10. The molecule has 0 aliphatic carbocycles. The molecule has 0 radical (unpaired) electrons. The maximum atomic E-state index is 5.50. The Bertz CT molecular complexity index is 763. The Hall–Kier alpha value is -2.59.